The Balaban J connectivity index is 1.70. The van der Waals surface area contributed by atoms with Crippen LogP contribution >= 0.6 is 0 Å². The van der Waals surface area contributed by atoms with Crippen LogP contribution in [0.2, 0.25) is 0 Å². The van der Waals surface area contributed by atoms with E-state index in [2.05, 4.69) is 46.2 Å². The van der Waals surface area contributed by atoms with Gasteiger partial charge in [0.25, 0.3) is 5.91 Å². The van der Waals surface area contributed by atoms with Gasteiger partial charge in [0.2, 0.25) is 0 Å². The lowest BCUT2D eigenvalue weighted by molar-refractivity contribution is 0.0945. The van der Waals surface area contributed by atoms with Crippen molar-refractivity contribution in [2.45, 2.75) is 27.3 Å². The summed E-state index contributed by atoms with van der Waals surface area (Å²) in [4.78, 5) is 23.2. The Morgan fingerprint density at radius 1 is 1.04 bits per heavy atom. The Kier molecular flexibility index (Phi) is 5.81. The smallest absolute Gasteiger partial charge is 0.271 e. The summed E-state index contributed by atoms with van der Waals surface area (Å²) < 4.78 is 0. The number of anilines is 2. The first-order valence-electron chi connectivity index (χ1n) is 9.07. The first-order chi connectivity index (χ1) is 13.1. The van der Waals surface area contributed by atoms with Crippen molar-refractivity contribution in [1.29, 1.82) is 0 Å². The van der Waals surface area contributed by atoms with Gasteiger partial charge in [-0.05, 0) is 49.6 Å². The molecule has 27 heavy (non-hydrogen) atoms. The number of aryl methyl sites for hydroxylation is 2. The second kappa shape index (κ2) is 8.45. The van der Waals surface area contributed by atoms with Crippen LogP contribution in [0.1, 0.15) is 34.1 Å². The zero-order valence-electron chi connectivity index (χ0n) is 15.9. The molecular formula is C22H24N4O. The number of rotatable bonds is 6. The molecule has 0 radical (unpaired) electrons. The highest BCUT2D eigenvalue weighted by Gasteiger charge is 2.12. The zero-order valence-corrected chi connectivity index (χ0v) is 15.9. The number of nitrogens with one attached hydrogen (secondary N) is 1. The molecule has 0 aliphatic carbocycles. The van der Waals surface area contributed by atoms with Crippen LogP contribution in [0.4, 0.5) is 11.5 Å². The third-order valence-corrected chi connectivity index (χ3v) is 4.48. The van der Waals surface area contributed by atoms with Gasteiger partial charge in [-0.1, -0.05) is 36.4 Å². The molecule has 3 rings (SSSR count). The molecule has 0 atom stereocenters. The highest BCUT2D eigenvalue weighted by atomic mass is 16.1. The first-order valence-corrected chi connectivity index (χ1v) is 9.07. The summed E-state index contributed by atoms with van der Waals surface area (Å²) in [5.41, 5.74) is 4.80. The molecule has 3 aromatic rings. The molecule has 0 spiro atoms. The fourth-order valence-electron chi connectivity index (χ4n) is 2.93. The molecule has 0 unspecified atom stereocenters. The summed E-state index contributed by atoms with van der Waals surface area (Å²) in [5.74, 6) is 0.495. The molecule has 0 fully saturated rings. The summed E-state index contributed by atoms with van der Waals surface area (Å²) >= 11 is 0. The number of nitrogens with zero attached hydrogens (tertiary/aromatic N) is 3. The lowest BCUT2D eigenvalue weighted by Crippen LogP contribution is -2.25. The molecule has 2 aromatic carbocycles. The summed E-state index contributed by atoms with van der Waals surface area (Å²) in [7, 11) is 0. The molecular weight excluding hydrogens is 336 g/mol. The van der Waals surface area contributed by atoms with E-state index >= 15 is 0 Å². The predicted octanol–water partition coefficient (Wildman–Crippen LogP) is 4.18. The van der Waals surface area contributed by atoms with Crippen molar-refractivity contribution in [3.8, 4) is 0 Å². The molecule has 5 nitrogen and oxygen atoms in total. The van der Waals surface area contributed by atoms with Crippen LogP contribution in [0.5, 0.6) is 0 Å². The highest BCUT2D eigenvalue weighted by molar-refractivity contribution is 5.92. The average molecular weight is 360 g/mol. The molecule has 0 aliphatic heterocycles. The SMILES string of the molecule is CCN(c1cccc(C)c1)c1cnc(C(=O)NCc2ccccc2C)cn1. The topological polar surface area (TPSA) is 58.1 Å². The van der Waals surface area contributed by atoms with E-state index in [4.69, 9.17) is 0 Å². The van der Waals surface area contributed by atoms with Crippen LogP contribution < -0.4 is 10.2 Å². The van der Waals surface area contributed by atoms with Gasteiger partial charge >= 0.3 is 0 Å². The van der Waals surface area contributed by atoms with E-state index < -0.39 is 0 Å². The molecule has 0 saturated carbocycles. The van der Waals surface area contributed by atoms with Crippen molar-refractivity contribution in [3.63, 3.8) is 0 Å². The van der Waals surface area contributed by atoms with Crippen molar-refractivity contribution in [1.82, 2.24) is 15.3 Å². The summed E-state index contributed by atoms with van der Waals surface area (Å²) in [5, 5.41) is 2.90. The molecule has 138 valence electrons. The van der Waals surface area contributed by atoms with Gasteiger partial charge in [0.15, 0.2) is 5.82 Å². The Hall–Kier alpha value is -3.21. The minimum Gasteiger partial charge on any atom is -0.347 e. The fourth-order valence-corrected chi connectivity index (χ4v) is 2.93. The van der Waals surface area contributed by atoms with Crippen molar-refractivity contribution in [3.05, 3.63) is 83.3 Å². The summed E-state index contributed by atoms with van der Waals surface area (Å²) in [6.07, 6.45) is 3.18. The van der Waals surface area contributed by atoms with Crippen LogP contribution in [0.25, 0.3) is 0 Å². The van der Waals surface area contributed by atoms with E-state index in [0.717, 1.165) is 29.2 Å². The maximum atomic E-state index is 12.4. The average Bonchev–Trinajstić information content (AvgIpc) is 2.68. The Labute approximate surface area is 160 Å². The number of carbonyl (C=O) groups excluding carboxylic acids is 1. The zero-order chi connectivity index (χ0) is 19.2. The van der Waals surface area contributed by atoms with Crippen molar-refractivity contribution < 1.29 is 4.79 Å². The van der Waals surface area contributed by atoms with Crippen LogP contribution in [-0.2, 0) is 6.54 Å². The lowest BCUT2D eigenvalue weighted by atomic mass is 10.1. The van der Waals surface area contributed by atoms with E-state index in [-0.39, 0.29) is 5.91 Å². The Morgan fingerprint density at radius 2 is 1.85 bits per heavy atom. The largest absolute Gasteiger partial charge is 0.347 e. The van der Waals surface area contributed by atoms with Gasteiger partial charge in [0, 0.05) is 18.8 Å². The molecule has 1 aromatic heterocycles. The summed E-state index contributed by atoms with van der Waals surface area (Å²) in [6, 6.07) is 16.2. The van der Waals surface area contributed by atoms with Gasteiger partial charge in [0.05, 0.1) is 12.4 Å². The Morgan fingerprint density at radius 3 is 2.52 bits per heavy atom. The maximum absolute atomic E-state index is 12.4. The number of amides is 1. The number of aromatic nitrogens is 2. The van der Waals surface area contributed by atoms with Gasteiger partial charge in [0.1, 0.15) is 5.69 Å². The van der Waals surface area contributed by atoms with Gasteiger partial charge in [-0.25, -0.2) is 9.97 Å². The van der Waals surface area contributed by atoms with Crippen molar-refractivity contribution >= 4 is 17.4 Å². The predicted molar refractivity (Wildman–Crippen MR) is 108 cm³/mol. The van der Waals surface area contributed by atoms with Crippen LogP contribution in [0, 0.1) is 13.8 Å². The standard InChI is InChI=1S/C22H24N4O/c1-4-26(19-11-7-8-16(2)12-19)21-15-23-20(14-24-21)22(27)25-13-18-10-6-5-9-17(18)3/h5-12,14-15H,4,13H2,1-3H3,(H,25,27). The Bertz CT molecular complexity index is 922. The van der Waals surface area contributed by atoms with Crippen molar-refractivity contribution in [2.24, 2.45) is 0 Å². The highest BCUT2D eigenvalue weighted by Crippen LogP contribution is 2.23. The minimum absolute atomic E-state index is 0.226. The molecule has 1 amide bonds. The van der Waals surface area contributed by atoms with E-state index in [1.807, 2.05) is 43.3 Å². The van der Waals surface area contributed by atoms with Crippen LogP contribution in [0.15, 0.2) is 60.9 Å². The monoisotopic (exact) mass is 360 g/mol. The van der Waals surface area contributed by atoms with Gasteiger partial charge < -0.3 is 10.2 Å². The number of hydrogen-bond donors (Lipinski definition) is 1. The van der Waals surface area contributed by atoms with E-state index in [1.165, 1.54) is 11.8 Å². The normalized spacial score (nSPS) is 10.5. The number of benzene rings is 2. The molecule has 1 N–H and O–H groups in total. The molecule has 0 aliphatic rings. The van der Waals surface area contributed by atoms with E-state index in [0.29, 0.717) is 12.2 Å². The fraction of sp³-hybridized carbons (Fsp3) is 0.227. The molecule has 1 heterocycles. The number of hydrogen-bond acceptors (Lipinski definition) is 4. The lowest BCUT2D eigenvalue weighted by Gasteiger charge is -2.22. The third-order valence-electron chi connectivity index (χ3n) is 4.48. The van der Waals surface area contributed by atoms with Crippen molar-refractivity contribution in [2.75, 3.05) is 11.4 Å². The van der Waals surface area contributed by atoms with Gasteiger partial charge in [-0.15, -0.1) is 0 Å². The molecule has 0 bridgehead atoms. The van der Waals surface area contributed by atoms with Gasteiger partial charge in [-0.2, -0.15) is 0 Å². The van der Waals surface area contributed by atoms with E-state index in [9.17, 15) is 4.79 Å². The quantitative estimate of drug-likeness (QED) is 0.716. The second-order valence-electron chi connectivity index (χ2n) is 6.45. The first kappa shape index (κ1) is 18.6. The van der Waals surface area contributed by atoms with Gasteiger partial charge in [-0.3, -0.25) is 4.79 Å². The minimum atomic E-state index is -0.226. The number of carbonyl (C=O) groups is 1. The van der Waals surface area contributed by atoms with E-state index in [1.54, 1.807) is 6.20 Å². The van der Waals surface area contributed by atoms with Crippen LogP contribution in [0.3, 0.4) is 0 Å². The third kappa shape index (κ3) is 4.50. The molecule has 5 heteroatoms. The second-order valence-corrected chi connectivity index (χ2v) is 6.45. The summed E-state index contributed by atoms with van der Waals surface area (Å²) in [6.45, 7) is 7.38. The maximum Gasteiger partial charge on any atom is 0.271 e. The van der Waals surface area contributed by atoms with Crippen LogP contribution in [-0.4, -0.2) is 22.4 Å². The molecule has 0 saturated heterocycles.